The van der Waals surface area contributed by atoms with E-state index in [9.17, 15) is 0 Å². The molecular weight excluding hydrogens is 240 g/mol. The van der Waals surface area contributed by atoms with Crippen LogP contribution in [0.25, 0.3) is 10.9 Å². The third-order valence-electron chi connectivity index (χ3n) is 3.08. The molecule has 1 aromatic carbocycles. The van der Waals surface area contributed by atoms with Crippen LogP contribution in [0.4, 0.5) is 0 Å². The zero-order chi connectivity index (χ0) is 12.9. The van der Waals surface area contributed by atoms with Crippen molar-refractivity contribution in [2.75, 3.05) is 26.2 Å². The summed E-state index contributed by atoms with van der Waals surface area (Å²) in [6, 6.07) is 10.3. The maximum Gasteiger partial charge on any atom is 0.191 e. The zero-order valence-electron chi connectivity index (χ0n) is 10.8. The van der Waals surface area contributed by atoms with E-state index in [1.54, 1.807) is 0 Å². The fourth-order valence-corrected chi connectivity index (χ4v) is 2.13. The van der Waals surface area contributed by atoms with Crippen LogP contribution in [-0.4, -0.2) is 36.9 Å². The molecule has 0 aliphatic carbocycles. The van der Waals surface area contributed by atoms with Crippen molar-refractivity contribution in [3.8, 4) is 0 Å². The van der Waals surface area contributed by atoms with Gasteiger partial charge in [-0.25, -0.2) is 0 Å². The Kier molecular flexibility index (Phi) is 3.54. The van der Waals surface area contributed by atoms with Gasteiger partial charge >= 0.3 is 0 Å². The second-order valence-corrected chi connectivity index (χ2v) is 4.47. The molecule has 5 nitrogen and oxygen atoms in total. The molecule has 0 atom stereocenters. The highest BCUT2D eigenvalue weighted by Crippen LogP contribution is 2.13. The summed E-state index contributed by atoms with van der Waals surface area (Å²) in [5.74, 6) is 0.909. The van der Waals surface area contributed by atoms with Crippen molar-refractivity contribution < 1.29 is 4.84 Å². The van der Waals surface area contributed by atoms with Crippen molar-refractivity contribution in [3.05, 3.63) is 36.5 Å². The number of guanidine groups is 1. The summed E-state index contributed by atoms with van der Waals surface area (Å²) >= 11 is 0. The summed E-state index contributed by atoms with van der Waals surface area (Å²) in [5, 5.41) is 7.63. The van der Waals surface area contributed by atoms with E-state index < -0.39 is 0 Å². The Morgan fingerprint density at radius 1 is 1.32 bits per heavy atom. The summed E-state index contributed by atoms with van der Waals surface area (Å²) in [6.45, 7) is 3.35. The number of benzene rings is 1. The van der Waals surface area contributed by atoms with Gasteiger partial charge < -0.3 is 15.5 Å². The molecule has 1 aromatic heterocycles. The van der Waals surface area contributed by atoms with E-state index in [0.29, 0.717) is 6.61 Å². The molecule has 0 saturated carbocycles. The van der Waals surface area contributed by atoms with Crippen molar-refractivity contribution in [3.63, 3.8) is 0 Å². The first-order chi connectivity index (χ1) is 9.43. The third kappa shape index (κ3) is 2.81. The monoisotopic (exact) mass is 258 g/mol. The highest BCUT2D eigenvalue weighted by atomic mass is 16.7. The summed E-state index contributed by atoms with van der Waals surface area (Å²) in [4.78, 5) is 10.0. The van der Waals surface area contributed by atoms with E-state index in [0.717, 1.165) is 37.5 Å². The normalized spacial score (nSPS) is 14.2. The second kappa shape index (κ2) is 5.65. The predicted octanol–water partition coefficient (Wildman–Crippen LogP) is 1.01. The van der Waals surface area contributed by atoms with Gasteiger partial charge in [0.1, 0.15) is 6.61 Å². The molecule has 0 saturated heterocycles. The number of aliphatic imine (C=N–C) groups is 1. The van der Waals surface area contributed by atoms with Gasteiger partial charge in [0.05, 0.1) is 12.1 Å². The molecule has 2 N–H and O–H groups in total. The van der Waals surface area contributed by atoms with Crippen LogP contribution in [0.15, 0.2) is 41.5 Å². The summed E-state index contributed by atoms with van der Waals surface area (Å²) < 4.78 is 1.83. The largest absolute Gasteiger partial charge is 0.414 e. The van der Waals surface area contributed by atoms with Crippen molar-refractivity contribution >= 4 is 16.9 Å². The molecule has 0 unspecified atom stereocenters. The molecule has 0 bridgehead atoms. The van der Waals surface area contributed by atoms with E-state index in [2.05, 4.69) is 33.8 Å². The highest BCUT2D eigenvalue weighted by molar-refractivity contribution is 5.81. The number of hydrogen-bond acceptors (Lipinski definition) is 4. The van der Waals surface area contributed by atoms with Crippen molar-refractivity contribution in [1.82, 2.24) is 15.4 Å². The first kappa shape index (κ1) is 11.9. The first-order valence-corrected chi connectivity index (χ1v) is 6.65. The van der Waals surface area contributed by atoms with Gasteiger partial charge in [0.15, 0.2) is 5.96 Å². The van der Waals surface area contributed by atoms with Gasteiger partial charge in [-0.15, -0.1) is 0 Å². The number of para-hydroxylation sites is 1. The second-order valence-electron chi connectivity index (χ2n) is 4.47. The van der Waals surface area contributed by atoms with Gasteiger partial charge in [-0.2, -0.15) is 4.73 Å². The smallest absolute Gasteiger partial charge is 0.191 e. The number of nitrogens with zero attached hydrogens (tertiary/aromatic N) is 2. The van der Waals surface area contributed by atoms with Crippen LogP contribution in [0.2, 0.25) is 0 Å². The number of fused-ring (bicyclic) bond motifs is 1. The van der Waals surface area contributed by atoms with Gasteiger partial charge in [0, 0.05) is 31.1 Å². The lowest BCUT2D eigenvalue weighted by Gasteiger charge is -2.09. The molecular formula is C14H18N4O. The van der Waals surface area contributed by atoms with E-state index >= 15 is 0 Å². The van der Waals surface area contributed by atoms with E-state index in [-0.39, 0.29) is 0 Å². The molecule has 1 aliphatic heterocycles. The van der Waals surface area contributed by atoms with E-state index in [1.807, 2.05) is 23.1 Å². The minimum atomic E-state index is 0.680. The Balaban J connectivity index is 1.44. The maximum absolute atomic E-state index is 5.74. The van der Waals surface area contributed by atoms with Crippen LogP contribution in [0, 0.1) is 0 Å². The fraction of sp³-hybridized carbons (Fsp3) is 0.357. The lowest BCUT2D eigenvalue weighted by molar-refractivity contribution is 0.119. The van der Waals surface area contributed by atoms with E-state index in [1.165, 1.54) is 5.39 Å². The van der Waals surface area contributed by atoms with Gasteiger partial charge in [-0.05, 0) is 12.1 Å². The van der Waals surface area contributed by atoms with Gasteiger partial charge in [-0.1, -0.05) is 18.2 Å². The summed E-state index contributed by atoms with van der Waals surface area (Å²) in [6.07, 6.45) is 2.90. The van der Waals surface area contributed by atoms with Crippen molar-refractivity contribution in [2.24, 2.45) is 4.99 Å². The minimum absolute atomic E-state index is 0.680. The molecule has 0 radical (unpaired) electrons. The Bertz CT molecular complexity index is 576. The summed E-state index contributed by atoms with van der Waals surface area (Å²) in [7, 11) is 0. The molecule has 2 heterocycles. The van der Waals surface area contributed by atoms with Crippen LogP contribution in [0.5, 0.6) is 0 Å². The molecule has 1 aliphatic rings. The lowest BCUT2D eigenvalue weighted by atomic mass is 10.3. The molecule has 19 heavy (non-hydrogen) atoms. The Labute approximate surface area is 112 Å². The van der Waals surface area contributed by atoms with Crippen molar-refractivity contribution in [1.29, 1.82) is 0 Å². The molecule has 0 fully saturated rings. The number of nitrogens with one attached hydrogen (secondary N) is 2. The van der Waals surface area contributed by atoms with Crippen molar-refractivity contribution in [2.45, 2.75) is 6.42 Å². The van der Waals surface area contributed by atoms with Crippen LogP contribution >= 0.6 is 0 Å². The highest BCUT2D eigenvalue weighted by Gasteiger charge is 2.03. The average Bonchev–Trinajstić information content (AvgIpc) is 3.08. The molecule has 100 valence electrons. The van der Waals surface area contributed by atoms with E-state index in [4.69, 9.17) is 4.84 Å². The van der Waals surface area contributed by atoms with Gasteiger partial charge in [-0.3, -0.25) is 4.99 Å². The topological polar surface area (TPSA) is 50.6 Å². The zero-order valence-corrected chi connectivity index (χ0v) is 10.8. The Morgan fingerprint density at radius 3 is 3.16 bits per heavy atom. The summed E-state index contributed by atoms with van der Waals surface area (Å²) in [5.41, 5.74) is 1.11. The molecule has 5 heteroatoms. The number of hydrogen-bond donors (Lipinski definition) is 2. The quantitative estimate of drug-likeness (QED) is 0.787. The van der Waals surface area contributed by atoms with Crippen LogP contribution in [0.1, 0.15) is 6.42 Å². The van der Waals surface area contributed by atoms with Gasteiger partial charge in [0.2, 0.25) is 0 Å². The van der Waals surface area contributed by atoms with Crippen LogP contribution in [0.3, 0.4) is 0 Å². The van der Waals surface area contributed by atoms with Gasteiger partial charge in [0.25, 0.3) is 0 Å². The van der Waals surface area contributed by atoms with Crippen LogP contribution < -0.4 is 15.5 Å². The average molecular weight is 258 g/mol. The third-order valence-corrected chi connectivity index (χ3v) is 3.08. The standard InChI is InChI=1S/C14H18N4O/c1-2-5-13-12(4-1)6-10-18(13)19-11-3-7-15-14-16-8-9-17-14/h1-2,4-6,10H,3,7-9,11H2,(H2,15,16,17). The molecule has 3 rings (SSSR count). The Hall–Kier alpha value is -2.17. The molecule has 0 amide bonds. The lowest BCUT2D eigenvalue weighted by Crippen LogP contribution is -2.35. The number of rotatable bonds is 5. The van der Waals surface area contributed by atoms with Crippen LogP contribution in [-0.2, 0) is 0 Å². The maximum atomic E-state index is 5.74. The predicted molar refractivity (Wildman–Crippen MR) is 76.3 cm³/mol. The fourth-order valence-electron chi connectivity index (χ4n) is 2.13. The Morgan fingerprint density at radius 2 is 2.26 bits per heavy atom. The minimum Gasteiger partial charge on any atom is -0.414 e. The molecule has 2 aromatic rings. The number of aromatic nitrogens is 1. The molecule has 0 spiro atoms. The SMILES string of the molecule is c1ccc2c(c1)ccn2OCCCNC1=NCCN1. The first-order valence-electron chi connectivity index (χ1n) is 6.65.